The van der Waals surface area contributed by atoms with Gasteiger partial charge in [-0.15, -0.1) is 0 Å². The third kappa shape index (κ3) is 6.17. The Morgan fingerprint density at radius 3 is 2.58 bits per heavy atom. The third-order valence-electron chi connectivity index (χ3n) is 2.27. The number of hydrogen-bond acceptors (Lipinski definition) is 4. The molecule has 0 aliphatic rings. The van der Waals surface area contributed by atoms with Crippen molar-refractivity contribution in [1.29, 1.82) is 0 Å². The molecule has 0 aliphatic carbocycles. The molecule has 4 nitrogen and oxygen atoms in total. The molecule has 0 spiro atoms. The van der Waals surface area contributed by atoms with Crippen LogP contribution in [0.2, 0.25) is 15.1 Å². The van der Waals surface area contributed by atoms with E-state index in [2.05, 4.69) is 5.32 Å². The molecule has 1 aromatic rings. The van der Waals surface area contributed by atoms with Crippen molar-refractivity contribution in [2.24, 2.45) is 0 Å². The molecular formula is C12H16Cl3NO3. The Morgan fingerprint density at radius 1 is 1.21 bits per heavy atom. The molecule has 1 rings (SSSR count). The Labute approximate surface area is 127 Å². The zero-order valence-electron chi connectivity index (χ0n) is 10.5. The summed E-state index contributed by atoms with van der Waals surface area (Å²) in [7, 11) is 1.62. The number of aliphatic hydroxyl groups is 1. The van der Waals surface area contributed by atoms with E-state index in [-0.39, 0.29) is 6.61 Å². The van der Waals surface area contributed by atoms with Crippen molar-refractivity contribution in [1.82, 2.24) is 5.32 Å². The van der Waals surface area contributed by atoms with Crippen molar-refractivity contribution in [3.63, 3.8) is 0 Å². The van der Waals surface area contributed by atoms with Gasteiger partial charge in [0.1, 0.15) is 18.5 Å². The van der Waals surface area contributed by atoms with Gasteiger partial charge in [0.05, 0.1) is 21.7 Å². The highest BCUT2D eigenvalue weighted by molar-refractivity contribution is 6.43. The van der Waals surface area contributed by atoms with Crippen LogP contribution in [0.1, 0.15) is 0 Å². The summed E-state index contributed by atoms with van der Waals surface area (Å²) in [5.41, 5.74) is 0. The van der Waals surface area contributed by atoms with E-state index in [1.165, 1.54) is 12.1 Å². The van der Waals surface area contributed by atoms with Crippen LogP contribution in [-0.2, 0) is 4.74 Å². The zero-order valence-corrected chi connectivity index (χ0v) is 12.7. The standard InChI is InChI=1S/C12H16Cl3NO3/c1-18-3-2-16-6-8(17)7-19-12-5-10(14)9(13)4-11(12)15/h4-5,8,16-17H,2-3,6-7H2,1H3. The first kappa shape index (κ1) is 16.8. The SMILES string of the molecule is COCCNCC(O)COc1cc(Cl)c(Cl)cc1Cl. The van der Waals surface area contributed by atoms with Crippen molar-refractivity contribution in [3.05, 3.63) is 27.2 Å². The van der Waals surface area contributed by atoms with Gasteiger partial charge in [0.25, 0.3) is 0 Å². The molecule has 108 valence electrons. The molecule has 2 N–H and O–H groups in total. The monoisotopic (exact) mass is 327 g/mol. The molecule has 0 aliphatic heterocycles. The van der Waals surface area contributed by atoms with Gasteiger partial charge in [-0.3, -0.25) is 0 Å². The smallest absolute Gasteiger partial charge is 0.139 e. The maximum atomic E-state index is 9.69. The summed E-state index contributed by atoms with van der Waals surface area (Å²) in [6.07, 6.45) is -0.651. The van der Waals surface area contributed by atoms with Gasteiger partial charge in [0.2, 0.25) is 0 Å². The van der Waals surface area contributed by atoms with Crippen LogP contribution in [0.25, 0.3) is 0 Å². The summed E-state index contributed by atoms with van der Waals surface area (Å²) >= 11 is 17.6. The summed E-state index contributed by atoms with van der Waals surface area (Å²) in [6, 6.07) is 3.03. The second-order valence-corrected chi connectivity index (χ2v) is 5.08. The Morgan fingerprint density at radius 2 is 1.89 bits per heavy atom. The second-order valence-electron chi connectivity index (χ2n) is 3.86. The van der Waals surface area contributed by atoms with Crippen LogP contribution in [0.15, 0.2) is 12.1 Å². The summed E-state index contributed by atoms with van der Waals surface area (Å²) < 4.78 is 10.3. The minimum absolute atomic E-state index is 0.109. The van der Waals surface area contributed by atoms with Crippen molar-refractivity contribution in [2.75, 3.05) is 33.4 Å². The van der Waals surface area contributed by atoms with Gasteiger partial charge in [-0.05, 0) is 6.07 Å². The number of methoxy groups -OCH3 is 1. The van der Waals surface area contributed by atoms with Crippen LogP contribution in [-0.4, -0.2) is 44.6 Å². The van der Waals surface area contributed by atoms with Gasteiger partial charge in [0, 0.05) is 26.3 Å². The number of rotatable bonds is 8. The topological polar surface area (TPSA) is 50.7 Å². The minimum atomic E-state index is -0.651. The lowest BCUT2D eigenvalue weighted by Crippen LogP contribution is -2.33. The molecule has 0 fully saturated rings. The molecule has 0 saturated heterocycles. The molecule has 0 heterocycles. The maximum absolute atomic E-state index is 9.69. The maximum Gasteiger partial charge on any atom is 0.139 e. The lowest BCUT2D eigenvalue weighted by Gasteiger charge is -2.14. The molecule has 1 aromatic carbocycles. The average molecular weight is 329 g/mol. The molecule has 0 saturated carbocycles. The first-order valence-electron chi connectivity index (χ1n) is 5.69. The van der Waals surface area contributed by atoms with Crippen molar-refractivity contribution >= 4 is 34.8 Å². The highest BCUT2D eigenvalue weighted by atomic mass is 35.5. The number of ether oxygens (including phenoxy) is 2. The van der Waals surface area contributed by atoms with Crippen molar-refractivity contribution in [3.8, 4) is 5.75 Å². The number of aliphatic hydroxyl groups excluding tert-OH is 1. The van der Waals surface area contributed by atoms with Crippen molar-refractivity contribution in [2.45, 2.75) is 6.10 Å². The van der Waals surface area contributed by atoms with Gasteiger partial charge in [-0.25, -0.2) is 0 Å². The zero-order chi connectivity index (χ0) is 14.3. The normalized spacial score (nSPS) is 12.5. The Balaban J connectivity index is 2.37. The van der Waals surface area contributed by atoms with E-state index in [1.807, 2.05) is 0 Å². The third-order valence-corrected chi connectivity index (χ3v) is 3.29. The van der Waals surface area contributed by atoms with Gasteiger partial charge in [0.15, 0.2) is 0 Å². The molecule has 19 heavy (non-hydrogen) atoms. The molecule has 0 amide bonds. The number of halogens is 3. The summed E-state index contributed by atoms with van der Waals surface area (Å²) in [5.74, 6) is 0.395. The second kappa shape index (κ2) is 8.84. The number of benzene rings is 1. The van der Waals surface area contributed by atoms with Crippen LogP contribution >= 0.6 is 34.8 Å². The predicted octanol–water partition coefficient (Wildman–Crippen LogP) is 2.62. The Kier molecular flexibility index (Phi) is 7.83. The first-order valence-corrected chi connectivity index (χ1v) is 6.83. The molecule has 1 atom stereocenters. The van der Waals surface area contributed by atoms with Gasteiger partial charge >= 0.3 is 0 Å². The quantitative estimate of drug-likeness (QED) is 0.569. The van der Waals surface area contributed by atoms with E-state index in [4.69, 9.17) is 44.3 Å². The summed E-state index contributed by atoms with van der Waals surface area (Å²) in [6.45, 7) is 1.77. The van der Waals surface area contributed by atoms with E-state index >= 15 is 0 Å². The predicted molar refractivity (Wildman–Crippen MR) is 77.7 cm³/mol. The van der Waals surface area contributed by atoms with Crippen LogP contribution in [0.5, 0.6) is 5.75 Å². The van der Waals surface area contributed by atoms with Crippen LogP contribution in [0.3, 0.4) is 0 Å². The molecule has 0 radical (unpaired) electrons. The van der Waals surface area contributed by atoms with E-state index in [9.17, 15) is 5.11 Å². The highest BCUT2D eigenvalue weighted by Crippen LogP contribution is 2.33. The van der Waals surface area contributed by atoms with E-state index < -0.39 is 6.10 Å². The fourth-order valence-electron chi connectivity index (χ4n) is 1.30. The van der Waals surface area contributed by atoms with Gasteiger partial charge in [-0.1, -0.05) is 34.8 Å². The van der Waals surface area contributed by atoms with Gasteiger partial charge < -0.3 is 19.9 Å². The highest BCUT2D eigenvalue weighted by Gasteiger charge is 2.10. The fourth-order valence-corrected chi connectivity index (χ4v) is 1.89. The van der Waals surface area contributed by atoms with Crippen LogP contribution < -0.4 is 10.1 Å². The molecular weight excluding hydrogens is 312 g/mol. The lowest BCUT2D eigenvalue weighted by molar-refractivity contribution is 0.103. The van der Waals surface area contributed by atoms with E-state index in [0.29, 0.717) is 40.5 Å². The summed E-state index contributed by atoms with van der Waals surface area (Å²) in [4.78, 5) is 0. The Hall–Kier alpha value is -0.230. The van der Waals surface area contributed by atoms with Crippen LogP contribution in [0, 0.1) is 0 Å². The first-order chi connectivity index (χ1) is 9.04. The lowest BCUT2D eigenvalue weighted by atomic mass is 10.3. The van der Waals surface area contributed by atoms with E-state index in [1.54, 1.807) is 7.11 Å². The Bertz CT molecular complexity index is 404. The van der Waals surface area contributed by atoms with Crippen molar-refractivity contribution < 1.29 is 14.6 Å². The molecule has 7 heteroatoms. The number of hydrogen-bond donors (Lipinski definition) is 2. The van der Waals surface area contributed by atoms with E-state index in [0.717, 1.165) is 0 Å². The molecule has 0 aromatic heterocycles. The van der Waals surface area contributed by atoms with Crippen LogP contribution in [0.4, 0.5) is 0 Å². The fraction of sp³-hybridized carbons (Fsp3) is 0.500. The minimum Gasteiger partial charge on any atom is -0.489 e. The molecule has 0 bridgehead atoms. The number of nitrogens with one attached hydrogen (secondary N) is 1. The molecule has 1 unspecified atom stereocenters. The summed E-state index contributed by atoms with van der Waals surface area (Å²) in [5, 5.41) is 13.8. The average Bonchev–Trinajstić information content (AvgIpc) is 2.37. The van der Waals surface area contributed by atoms with Gasteiger partial charge in [-0.2, -0.15) is 0 Å². The largest absolute Gasteiger partial charge is 0.489 e.